The van der Waals surface area contributed by atoms with Gasteiger partial charge >= 0.3 is 6.18 Å². The lowest BCUT2D eigenvalue weighted by Gasteiger charge is -2.23. The van der Waals surface area contributed by atoms with Crippen molar-refractivity contribution in [1.29, 1.82) is 5.26 Å². The number of alkyl halides is 3. The molecule has 1 aromatic carbocycles. The van der Waals surface area contributed by atoms with Gasteiger partial charge in [0, 0.05) is 38.1 Å². The third-order valence-electron chi connectivity index (χ3n) is 4.68. The number of amides is 1. The molecule has 1 aliphatic heterocycles. The molecule has 2 heterocycles. The third-order valence-corrected chi connectivity index (χ3v) is 4.96. The number of aromatic nitrogens is 1. The number of halogens is 4. The standard InChI is InChI=1S/C20H19ClF3N5O/c21-17-10-15(20(22,23)24)12-26-19(17)29-6-2-5-28(7-8-29)13-18(30)27-16-4-1-3-14(9-16)11-25/h1,3-4,9-10,12H,2,5-8,13H2,(H,27,30). The molecule has 6 nitrogen and oxygen atoms in total. The van der Waals surface area contributed by atoms with Crippen molar-refractivity contribution in [2.45, 2.75) is 12.6 Å². The van der Waals surface area contributed by atoms with Gasteiger partial charge in [0.05, 0.1) is 28.8 Å². The molecule has 2 aromatic rings. The highest BCUT2D eigenvalue weighted by molar-refractivity contribution is 6.33. The van der Waals surface area contributed by atoms with Gasteiger partial charge in [-0.15, -0.1) is 0 Å². The van der Waals surface area contributed by atoms with E-state index < -0.39 is 11.7 Å². The Morgan fingerprint density at radius 1 is 1.23 bits per heavy atom. The number of carbonyl (C=O) groups is 1. The smallest absolute Gasteiger partial charge is 0.354 e. The monoisotopic (exact) mass is 437 g/mol. The van der Waals surface area contributed by atoms with E-state index in [0.29, 0.717) is 49.7 Å². The molecule has 0 atom stereocenters. The van der Waals surface area contributed by atoms with Gasteiger partial charge in [0.1, 0.15) is 5.82 Å². The number of benzene rings is 1. The van der Waals surface area contributed by atoms with E-state index in [9.17, 15) is 18.0 Å². The van der Waals surface area contributed by atoms with Crippen LogP contribution >= 0.6 is 11.6 Å². The topological polar surface area (TPSA) is 72.3 Å². The normalized spacial score (nSPS) is 15.4. The Balaban J connectivity index is 1.58. The maximum absolute atomic E-state index is 12.8. The highest BCUT2D eigenvalue weighted by Gasteiger charge is 2.32. The first-order valence-corrected chi connectivity index (χ1v) is 9.64. The number of nitriles is 1. The molecule has 1 saturated heterocycles. The summed E-state index contributed by atoms with van der Waals surface area (Å²) in [6, 6.07) is 9.56. The first-order valence-electron chi connectivity index (χ1n) is 9.26. The summed E-state index contributed by atoms with van der Waals surface area (Å²) in [5.41, 5.74) is 0.125. The van der Waals surface area contributed by atoms with E-state index in [4.69, 9.17) is 16.9 Å². The Hall–Kier alpha value is -2.83. The molecule has 1 N–H and O–H groups in total. The van der Waals surface area contributed by atoms with Crippen LogP contribution in [0.25, 0.3) is 0 Å². The van der Waals surface area contributed by atoms with Crippen LogP contribution in [0.5, 0.6) is 0 Å². The highest BCUT2D eigenvalue weighted by Crippen LogP contribution is 2.33. The predicted octanol–water partition coefficient (Wildman–Crippen LogP) is 3.78. The van der Waals surface area contributed by atoms with Crippen LogP contribution in [-0.2, 0) is 11.0 Å². The molecule has 0 spiro atoms. The van der Waals surface area contributed by atoms with Crippen molar-refractivity contribution in [1.82, 2.24) is 9.88 Å². The van der Waals surface area contributed by atoms with Crippen molar-refractivity contribution in [3.05, 3.63) is 52.7 Å². The molecule has 1 amide bonds. The third kappa shape index (κ3) is 5.62. The quantitative estimate of drug-likeness (QED) is 0.788. The van der Waals surface area contributed by atoms with Gasteiger partial charge in [0.25, 0.3) is 0 Å². The first kappa shape index (κ1) is 21.9. The summed E-state index contributed by atoms with van der Waals surface area (Å²) in [5, 5.41) is 11.7. The molecule has 0 aliphatic carbocycles. The number of hydrogen-bond acceptors (Lipinski definition) is 5. The van der Waals surface area contributed by atoms with E-state index in [0.717, 1.165) is 12.3 Å². The highest BCUT2D eigenvalue weighted by atomic mass is 35.5. The summed E-state index contributed by atoms with van der Waals surface area (Å²) in [4.78, 5) is 20.0. The van der Waals surface area contributed by atoms with Crippen LogP contribution in [0.2, 0.25) is 5.02 Å². The SMILES string of the molecule is N#Cc1cccc(NC(=O)CN2CCCN(c3ncc(C(F)(F)F)cc3Cl)CC2)c1. The Kier molecular flexibility index (Phi) is 6.80. The van der Waals surface area contributed by atoms with Crippen LogP contribution in [-0.4, -0.2) is 48.5 Å². The van der Waals surface area contributed by atoms with E-state index in [2.05, 4.69) is 10.3 Å². The molecule has 0 bridgehead atoms. The number of rotatable bonds is 4. The second kappa shape index (κ2) is 9.32. The largest absolute Gasteiger partial charge is 0.417 e. The molecule has 0 unspecified atom stereocenters. The van der Waals surface area contributed by atoms with Crippen molar-refractivity contribution in [2.75, 3.05) is 42.9 Å². The molecule has 0 radical (unpaired) electrons. The number of hydrogen-bond donors (Lipinski definition) is 1. The van der Waals surface area contributed by atoms with Crippen molar-refractivity contribution >= 4 is 29.0 Å². The summed E-state index contributed by atoms with van der Waals surface area (Å²) in [6.45, 7) is 2.40. The molecule has 1 fully saturated rings. The average Bonchev–Trinajstić information content (AvgIpc) is 2.92. The van der Waals surface area contributed by atoms with Crippen LogP contribution in [0.15, 0.2) is 36.5 Å². The summed E-state index contributed by atoms with van der Waals surface area (Å²) < 4.78 is 38.4. The molecule has 158 valence electrons. The zero-order valence-electron chi connectivity index (χ0n) is 15.9. The minimum Gasteiger partial charge on any atom is -0.354 e. The second-order valence-corrected chi connectivity index (χ2v) is 7.29. The van der Waals surface area contributed by atoms with Gasteiger partial charge in [-0.1, -0.05) is 17.7 Å². The molecular weight excluding hydrogens is 419 g/mol. The number of nitrogens with one attached hydrogen (secondary N) is 1. The Morgan fingerprint density at radius 2 is 2.03 bits per heavy atom. The molecule has 30 heavy (non-hydrogen) atoms. The Bertz CT molecular complexity index is 960. The zero-order chi connectivity index (χ0) is 21.7. The molecule has 1 aromatic heterocycles. The summed E-state index contributed by atoms with van der Waals surface area (Å²) >= 11 is 6.05. The van der Waals surface area contributed by atoms with Crippen molar-refractivity contribution in [3.63, 3.8) is 0 Å². The van der Waals surface area contributed by atoms with Crippen LogP contribution in [0.1, 0.15) is 17.5 Å². The molecule has 1 aliphatic rings. The van der Waals surface area contributed by atoms with E-state index in [1.165, 1.54) is 0 Å². The molecule has 10 heteroatoms. The van der Waals surface area contributed by atoms with Crippen molar-refractivity contribution in [2.24, 2.45) is 0 Å². The summed E-state index contributed by atoms with van der Waals surface area (Å²) in [5.74, 6) is 0.105. The van der Waals surface area contributed by atoms with E-state index in [-0.39, 0.29) is 17.5 Å². The summed E-state index contributed by atoms with van der Waals surface area (Å²) in [6.07, 6.45) is -3.01. The molecule has 0 saturated carbocycles. The summed E-state index contributed by atoms with van der Waals surface area (Å²) in [7, 11) is 0. The van der Waals surface area contributed by atoms with Gasteiger partial charge in [-0.25, -0.2) is 4.98 Å². The van der Waals surface area contributed by atoms with E-state index in [1.807, 2.05) is 15.9 Å². The lowest BCUT2D eigenvalue weighted by atomic mass is 10.2. The lowest BCUT2D eigenvalue weighted by Crippen LogP contribution is -2.36. The van der Waals surface area contributed by atoms with Crippen LogP contribution in [0.4, 0.5) is 24.7 Å². The van der Waals surface area contributed by atoms with E-state index >= 15 is 0 Å². The van der Waals surface area contributed by atoms with Crippen LogP contribution in [0, 0.1) is 11.3 Å². The minimum atomic E-state index is -4.50. The van der Waals surface area contributed by atoms with Gasteiger partial charge in [-0.05, 0) is 30.7 Å². The fourth-order valence-corrected chi connectivity index (χ4v) is 3.52. The second-order valence-electron chi connectivity index (χ2n) is 6.88. The first-order chi connectivity index (χ1) is 14.3. The van der Waals surface area contributed by atoms with E-state index in [1.54, 1.807) is 24.3 Å². The fourth-order valence-electron chi connectivity index (χ4n) is 3.23. The number of anilines is 2. The number of pyridine rings is 1. The Morgan fingerprint density at radius 3 is 2.73 bits per heavy atom. The maximum Gasteiger partial charge on any atom is 0.417 e. The van der Waals surface area contributed by atoms with Gasteiger partial charge in [-0.2, -0.15) is 18.4 Å². The maximum atomic E-state index is 12.8. The fraction of sp³-hybridized carbons (Fsp3) is 0.350. The lowest BCUT2D eigenvalue weighted by molar-refractivity contribution is -0.137. The number of carbonyl (C=O) groups excluding carboxylic acids is 1. The Labute approximate surface area is 176 Å². The average molecular weight is 438 g/mol. The van der Waals surface area contributed by atoms with Crippen molar-refractivity contribution < 1.29 is 18.0 Å². The van der Waals surface area contributed by atoms with Gasteiger partial charge in [-0.3, -0.25) is 9.69 Å². The molecule has 3 rings (SSSR count). The number of nitrogens with zero attached hydrogens (tertiary/aromatic N) is 4. The predicted molar refractivity (Wildman–Crippen MR) is 107 cm³/mol. The van der Waals surface area contributed by atoms with Gasteiger partial charge in [0.15, 0.2) is 0 Å². The molecular formula is C20H19ClF3N5O. The van der Waals surface area contributed by atoms with Crippen molar-refractivity contribution in [3.8, 4) is 6.07 Å². The van der Waals surface area contributed by atoms with Gasteiger partial charge in [0.2, 0.25) is 5.91 Å². The van der Waals surface area contributed by atoms with Crippen LogP contribution in [0.3, 0.4) is 0 Å². The zero-order valence-corrected chi connectivity index (χ0v) is 16.7. The van der Waals surface area contributed by atoms with Gasteiger partial charge < -0.3 is 10.2 Å². The minimum absolute atomic E-state index is 0.0478. The van der Waals surface area contributed by atoms with Crippen LogP contribution < -0.4 is 10.2 Å².